The fraction of sp³-hybridized carbons (Fsp3) is 0.667. The van der Waals surface area contributed by atoms with Gasteiger partial charge in [0, 0.05) is 37.8 Å². The van der Waals surface area contributed by atoms with Crippen LogP contribution >= 0.6 is 0 Å². The van der Waals surface area contributed by atoms with E-state index in [1.54, 1.807) is 29.4 Å². The molecule has 2 aliphatic heterocycles. The van der Waals surface area contributed by atoms with Gasteiger partial charge in [0.15, 0.2) is 0 Å². The van der Waals surface area contributed by atoms with Crippen LogP contribution < -0.4 is 5.32 Å². The quantitative estimate of drug-likeness (QED) is 0.787. The van der Waals surface area contributed by atoms with Gasteiger partial charge in [-0.05, 0) is 63.3 Å². The van der Waals surface area contributed by atoms with Gasteiger partial charge in [0.2, 0.25) is 10.0 Å². The number of carbonyl (C=O) groups is 1. The Hall–Kier alpha value is -1.44. The summed E-state index contributed by atoms with van der Waals surface area (Å²) in [5.41, 5.74) is 1.12. The number of benzene rings is 1. The highest BCUT2D eigenvalue weighted by atomic mass is 32.2. The maximum atomic E-state index is 13.1. The summed E-state index contributed by atoms with van der Waals surface area (Å²) in [7, 11) is -3.55. The fourth-order valence-corrected chi connectivity index (χ4v) is 5.92. The minimum absolute atomic E-state index is 0.157. The Morgan fingerprint density at radius 3 is 2.43 bits per heavy atom. The first-order valence-corrected chi connectivity index (χ1v) is 12.0. The molecule has 0 unspecified atom stereocenters. The number of aryl methyl sites for hydroxylation is 1. The van der Waals surface area contributed by atoms with E-state index in [2.05, 4.69) is 17.1 Å². The molecule has 2 heterocycles. The summed E-state index contributed by atoms with van der Waals surface area (Å²) < 4.78 is 27.7. The van der Waals surface area contributed by atoms with Crippen molar-refractivity contribution in [2.24, 2.45) is 0 Å². The Bertz CT molecular complexity index is 780. The molecule has 28 heavy (non-hydrogen) atoms. The smallest absolute Gasteiger partial charge is 0.251 e. The first-order valence-electron chi connectivity index (χ1n) is 10.6. The first-order chi connectivity index (χ1) is 13.4. The third-order valence-electron chi connectivity index (χ3n) is 5.85. The van der Waals surface area contributed by atoms with E-state index in [4.69, 9.17) is 0 Å². The Morgan fingerprint density at radius 1 is 1.11 bits per heavy atom. The Labute approximate surface area is 169 Å². The molecule has 2 fully saturated rings. The number of nitrogens with one attached hydrogen (secondary N) is 1. The number of hydrogen-bond donors (Lipinski definition) is 1. The molecule has 2 aliphatic rings. The van der Waals surface area contributed by atoms with Gasteiger partial charge >= 0.3 is 0 Å². The summed E-state index contributed by atoms with van der Waals surface area (Å²) in [4.78, 5) is 15.4. The van der Waals surface area contributed by atoms with Gasteiger partial charge in [0.1, 0.15) is 0 Å². The third kappa shape index (κ3) is 4.93. The Kier molecular flexibility index (Phi) is 7.12. The van der Waals surface area contributed by atoms with Crippen molar-refractivity contribution in [2.75, 3.05) is 32.7 Å². The maximum Gasteiger partial charge on any atom is 0.251 e. The van der Waals surface area contributed by atoms with Gasteiger partial charge in [-0.2, -0.15) is 4.31 Å². The molecule has 1 amide bonds. The van der Waals surface area contributed by atoms with Crippen LogP contribution in [0, 0.1) is 6.92 Å². The molecule has 0 bridgehead atoms. The van der Waals surface area contributed by atoms with Gasteiger partial charge in [-0.1, -0.05) is 19.4 Å². The van der Waals surface area contributed by atoms with Crippen molar-refractivity contribution in [2.45, 2.75) is 63.3 Å². The monoisotopic (exact) mass is 407 g/mol. The molecule has 3 rings (SSSR count). The van der Waals surface area contributed by atoms with Crippen molar-refractivity contribution >= 4 is 15.9 Å². The molecule has 0 aromatic heterocycles. The average molecular weight is 408 g/mol. The van der Waals surface area contributed by atoms with Crippen LogP contribution in [0.1, 0.15) is 61.4 Å². The van der Waals surface area contributed by atoms with Crippen LogP contribution in [0.25, 0.3) is 0 Å². The van der Waals surface area contributed by atoms with Crippen LogP contribution in [0.3, 0.4) is 0 Å². The predicted molar refractivity (Wildman–Crippen MR) is 111 cm³/mol. The Balaban J connectivity index is 1.69. The maximum absolute atomic E-state index is 13.1. The minimum Gasteiger partial charge on any atom is -0.349 e. The lowest BCUT2D eigenvalue weighted by Gasteiger charge is -2.32. The second kappa shape index (κ2) is 9.37. The van der Waals surface area contributed by atoms with Crippen molar-refractivity contribution < 1.29 is 13.2 Å². The number of piperidine rings is 2. The van der Waals surface area contributed by atoms with Crippen LogP contribution in [0.4, 0.5) is 0 Å². The van der Waals surface area contributed by atoms with Crippen LogP contribution in [-0.4, -0.2) is 62.3 Å². The zero-order valence-corrected chi connectivity index (χ0v) is 17.9. The molecule has 2 saturated heterocycles. The number of rotatable bonds is 6. The fourth-order valence-electron chi connectivity index (χ4n) is 4.15. The number of carbonyl (C=O) groups excluding carboxylic acids is 1. The highest BCUT2D eigenvalue weighted by Crippen LogP contribution is 2.24. The van der Waals surface area contributed by atoms with Gasteiger partial charge in [-0.3, -0.25) is 4.79 Å². The van der Waals surface area contributed by atoms with E-state index >= 15 is 0 Å². The number of hydrogen-bond acceptors (Lipinski definition) is 4. The SMILES string of the molecule is CCCN1CCC(NC(=O)c2ccc(C)c(S(=O)(=O)N3CCCCC3)c2)CC1. The summed E-state index contributed by atoms with van der Waals surface area (Å²) in [6.07, 6.45) is 5.90. The van der Waals surface area contributed by atoms with Crippen LogP contribution in [-0.2, 0) is 10.0 Å². The second-order valence-corrected chi connectivity index (χ2v) is 9.94. The van der Waals surface area contributed by atoms with E-state index in [-0.39, 0.29) is 16.8 Å². The molecule has 0 spiro atoms. The zero-order chi connectivity index (χ0) is 20.1. The van der Waals surface area contributed by atoms with E-state index in [1.807, 2.05) is 0 Å². The largest absolute Gasteiger partial charge is 0.349 e. The van der Waals surface area contributed by atoms with Gasteiger partial charge in [0.05, 0.1) is 4.90 Å². The lowest BCUT2D eigenvalue weighted by Crippen LogP contribution is -2.44. The standard InChI is InChI=1S/C21H33N3O3S/c1-3-11-23-14-9-19(10-15-23)22-21(25)18-8-7-17(2)20(16-18)28(26,27)24-12-5-4-6-13-24/h7-8,16,19H,3-6,9-15H2,1-2H3,(H,22,25). The molecule has 1 aromatic carbocycles. The summed E-state index contributed by atoms with van der Waals surface area (Å²) in [6, 6.07) is 5.19. The molecule has 0 radical (unpaired) electrons. The lowest BCUT2D eigenvalue weighted by molar-refractivity contribution is 0.0911. The molecule has 7 heteroatoms. The van der Waals surface area contributed by atoms with Crippen molar-refractivity contribution in [1.82, 2.24) is 14.5 Å². The van der Waals surface area contributed by atoms with Gasteiger partial charge in [0.25, 0.3) is 5.91 Å². The Morgan fingerprint density at radius 2 is 1.79 bits per heavy atom. The third-order valence-corrected chi connectivity index (χ3v) is 7.89. The normalized spacial score (nSPS) is 20.2. The number of likely N-dealkylation sites (tertiary alicyclic amines) is 1. The molecular weight excluding hydrogens is 374 g/mol. The van der Waals surface area contributed by atoms with Crippen molar-refractivity contribution in [1.29, 1.82) is 0 Å². The molecule has 6 nitrogen and oxygen atoms in total. The summed E-state index contributed by atoms with van der Waals surface area (Å²) in [5.74, 6) is -0.177. The first kappa shape index (κ1) is 21.3. The molecule has 1 aromatic rings. The summed E-state index contributed by atoms with van der Waals surface area (Å²) in [6.45, 7) is 8.21. The van der Waals surface area contributed by atoms with E-state index in [0.717, 1.165) is 58.2 Å². The number of sulfonamides is 1. The van der Waals surface area contributed by atoms with Crippen LogP contribution in [0.15, 0.2) is 23.1 Å². The topological polar surface area (TPSA) is 69.7 Å². The molecular formula is C21H33N3O3S. The van der Waals surface area contributed by atoms with E-state index in [0.29, 0.717) is 24.2 Å². The van der Waals surface area contributed by atoms with Gasteiger partial charge in [-0.25, -0.2) is 8.42 Å². The molecule has 156 valence electrons. The second-order valence-electron chi connectivity index (χ2n) is 8.03. The molecule has 0 atom stereocenters. The average Bonchev–Trinajstić information content (AvgIpc) is 2.70. The minimum atomic E-state index is -3.55. The summed E-state index contributed by atoms with van der Waals surface area (Å²) in [5, 5.41) is 3.10. The van der Waals surface area contributed by atoms with Crippen molar-refractivity contribution in [3.05, 3.63) is 29.3 Å². The lowest BCUT2D eigenvalue weighted by atomic mass is 10.0. The van der Waals surface area contributed by atoms with Crippen LogP contribution in [0.2, 0.25) is 0 Å². The highest BCUT2D eigenvalue weighted by Gasteiger charge is 2.28. The van der Waals surface area contributed by atoms with Gasteiger partial charge < -0.3 is 10.2 Å². The number of amides is 1. The van der Waals surface area contributed by atoms with Crippen molar-refractivity contribution in [3.63, 3.8) is 0 Å². The predicted octanol–water partition coefficient (Wildman–Crippen LogP) is 2.77. The van der Waals surface area contributed by atoms with E-state index in [9.17, 15) is 13.2 Å². The summed E-state index contributed by atoms with van der Waals surface area (Å²) >= 11 is 0. The zero-order valence-electron chi connectivity index (χ0n) is 17.1. The van der Waals surface area contributed by atoms with E-state index in [1.165, 1.54) is 0 Å². The highest BCUT2D eigenvalue weighted by molar-refractivity contribution is 7.89. The molecule has 0 aliphatic carbocycles. The van der Waals surface area contributed by atoms with Crippen LogP contribution in [0.5, 0.6) is 0 Å². The number of nitrogens with zero attached hydrogens (tertiary/aromatic N) is 2. The molecule has 1 N–H and O–H groups in total. The van der Waals surface area contributed by atoms with Crippen molar-refractivity contribution in [3.8, 4) is 0 Å². The van der Waals surface area contributed by atoms with Gasteiger partial charge in [-0.15, -0.1) is 0 Å². The molecule has 0 saturated carbocycles. The van der Waals surface area contributed by atoms with E-state index < -0.39 is 10.0 Å².